The largest absolute Gasteiger partial charge is 3.00 e. The third-order valence-electron chi connectivity index (χ3n) is 0.333. The molecule has 0 unspecified atom stereocenters. The van der Waals surface area contributed by atoms with Crippen molar-refractivity contribution in [2.75, 3.05) is 0 Å². The number of hydrogen-bond acceptors (Lipinski definition) is 8. The van der Waals surface area contributed by atoms with Crippen LogP contribution in [0.1, 0.15) is 0 Å². The van der Waals surface area contributed by atoms with Gasteiger partial charge in [-0.3, -0.25) is 0 Å². The van der Waals surface area contributed by atoms with E-state index in [9.17, 15) is 0 Å². The molecule has 0 aromatic heterocycles. The van der Waals surface area contributed by atoms with Gasteiger partial charge in [0.15, 0.2) is 0 Å². The molecule has 0 amide bonds. The van der Waals surface area contributed by atoms with Crippen LogP contribution in [0.3, 0.4) is 0 Å². The summed E-state index contributed by atoms with van der Waals surface area (Å²) >= 11 is 0. The van der Waals surface area contributed by atoms with Crippen LogP contribution >= 0.6 is 0 Å². The second kappa shape index (κ2) is 14.2. The minimum absolute atomic E-state index is 0. The maximum atomic E-state index is 8.93. The van der Waals surface area contributed by atoms with Crippen LogP contribution < -0.4 is 89.3 Å². The second-order valence-electron chi connectivity index (χ2n) is 1.15. The number of carboxylic acid groups (broad SMARTS) is 4. The van der Waals surface area contributed by atoms with Crippen molar-refractivity contribution < 1.29 is 147 Å². The summed E-state index contributed by atoms with van der Waals surface area (Å²) in [6.07, 6.45) is 0. The van der Waals surface area contributed by atoms with Gasteiger partial charge in [-0.2, -0.15) is 0 Å². The van der Waals surface area contributed by atoms with Gasteiger partial charge in [0.25, 0.3) is 0 Å². The summed E-state index contributed by atoms with van der Waals surface area (Å²) in [5, 5.41) is 35.7. The van der Waals surface area contributed by atoms with Gasteiger partial charge < -0.3 is 39.6 Å². The zero-order chi connectivity index (χ0) is 10.3. The first-order chi connectivity index (χ1) is 5.29. The van der Waals surface area contributed by atoms with Crippen molar-refractivity contribution in [3.05, 3.63) is 0 Å². The fourth-order valence-corrected chi connectivity index (χ4v) is 0. The van der Waals surface area contributed by atoms with Crippen LogP contribution in [0.15, 0.2) is 0 Å². The maximum Gasteiger partial charge on any atom is 3.00 e. The molecule has 0 saturated carbocycles. The quantitative estimate of drug-likeness (QED) is 0.317. The Kier molecular flexibility index (Phi) is 24.8. The first-order valence-corrected chi connectivity index (χ1v) is 2.13. The number of aliphatic carboxylic acids is 4. The molecule has 0 bridgehead atoms. The Morgan fingerprint density at radius 2 is 0.643 bits per heavy atom. The van der Waals surface area contributed by atoms with Gasteiger partial charge in [0.05, 0.1) is 23.9 Å². The molecule has 0 saturated heterocycles. The van der Waals surface area contributed by atoms with Gasteiger partial charge in [-0.1, -0.05) is 0 Å². The van der Waals surface area contributed by atoms with Gasteiger partial charge in [-0.25, -0.2) is 0 Å². The maximum absolute atomic E-state index is 8.93. The van der Waals surface area contributed by atoms with E-state index in [4.69, 9.17) is 39.6 Å². The Morgan fingerprint density at radius 1 is 0.571 bits per heavy atom. The summed E-state index contributed by atoms with van der Waals surface area (Å²) in [6, 6.07) is 0. The third-order valence-corrected chi connectivity index (χ3v) is 0.333. The molecule has 0 radical (unpaired) electrons. The minimum Gasteiger partial charge on any atom is -0.543 e. The van der Waals surface area contributed by atoms with Crippen LogP contribution in [0.2, 0.25) is 0 Å². The number of hydrogen-bond donors (Lipinski definition) is 0. The van der Waals surface area contributed by atoms with Crippen LogP contribution in [0, 0.1) is 38.6 Å². The fourth-order valence-electron chi connectivity index (χ4n) is 0. The van der Waals surface area contributed by atoms with E-state index in [0.29, 0.717) is 0 Å². The summed E-state index contributed by atoms with van der Waals surface area (Å²) in [6.45, 7) is 0. The van der Waals surface area contributed by atoms with Crippen molar-refractivity contribution in [2.24, 2.45) is 0 Å². The minimum atomic E-state index is -2.19. The van der Waals surface area contributed by atoms with Crippen LogP contribution in [-0.2, 0) is 19.2 Å². The van der Waals surface area contributed by atoms with Gasteiger partial charge >= 0.3 is 108 Å². The van der Waals surface area contributed by atoms with Gasteiger partial charge in [0.1, 0.15) is 0 Å². The number of carboxylic acids is 4. The standard InChI is InChI=1S/2C2H2O4.Cs.Tb/c2*3-1(4)2(5)6;;/h2*(H,3,4)(H,5,6);;/q;;+1;+3/p-4. The zero-order valence-corrected chi connectivity index (χ0v) is 15.0. The van der Waals surface area contributed by atoms with Crippen LogP contribution in [0.25, 0.3) is 0 Å². The summed E-state index contributed by atoms with van der Waals surface area (Å²) < 4.78 is 0. The Bertz CT molecular complexity index is 177. The second-order valence-corrected chi connectivity index (χ2v) is 1.15. The monoisotopic (exact) mass is 468 g/mol. The zero-order valence-electron chi connectivity index (χ0n) is 6.60. The average molecular weight is 468 g/mol. The van der Waals surface area contributed by atoms with Crippen molar-refractivity contribution in [1.29, 1.82) is 0 Å². The van der Waals surface area contributed by atoms with Crippen LogP contribution in [0.4, 0.5) is 0 Å². The summed E-state index contributed by atoms with van der Waals surface area (Å²) in [4.78, 5) is 35.7. The van der Waals surface area contributed by atoms with Crippen molar-refractivity contribution in [3.63, 3.8) is 0 Å². The Hall–Kier alpha value is 1.22. The molecule has 0 aromatic rings. The molecule has 14 heavy (non-hydrogen) atoms. The topological polar surface area (TPSA) is 161 Å². The molecule has 0 aliphatic rings. The molecule has 0 atom stereocenters. The molecule has 0 fully saturated rings. The summed E-state index contributed by atoms with van der Waals surface area (Å²) in [5.74, 6) is -8.74. The van der Waals surface area contributed by atoms with E-state index < -0.39 is 23.9 Å². The predicted octanol–water partition coefficient (Wildman–Crippen LogP) is -10.0. The van der Waals surface area contributed by atoms with E-state index in [-0.39, 0.29) is 108 Å². The Balaban J connectivity index is -0.0000000625. The van der Waals surface area contributed by atoms with Gasteiger partial charge in [-0.15, -0.1) is 0 Å². The van der Waals surface area contributed by atoms with E-state index in [1.807, 2.05) is 0 Å². The normalized spacial score (nSPS) is 6.29. The van der Waals surface area contributed by atoms with E-state index in [2.05, 4.69) is 0 Å². The molecule has 0 aliphatic heterocycles. The molecule has 10 heteroatoms. The smallest absolute Gasteiger partial charge is 0.543 e. The van der Waals surface area contributed by atoms with Crippen molar-refractivity contribution in [1.82, 2.24) is 0 Å². The van der Waals surface area contributed by atoms with Crippen LogP contribution in [-0.4, -0.2) is 23.9 Å². The average Bonchev–Trinajstić information content (AvgIpc) is 1.88. The first kappa shape index (κ1) is 24.4. The molecular formula is C4CsO8Tb. The molecule has 0 rings (SSSR count). The molecule has 8 nitrogen and oxygen atoms in total. The first-order valence-electron chi connectivity index (χ1n) is 2.13. The van der Waals surface area contributed by atoms with E-state index in [1.54, 1.807) is 0 Å². The molecule has 0 aliphatic carbocycles. The fraction of sp³-hybridized carbons (Fsp3) is 0. The molecule has 0 aromatic carbocycles. The number of carbonyl (C=O) groups is 4. The molecular weight excluding hydrogens is 468 g/mol. The third kappa shape index (κ3) is 23.2. The van der Waals surface area contributed by atoms with Crippen LogP contribution in [0.5, 0.6) is 0 Å². The SMILES string of the molecule is O=C([O-])C(=O)[O-].O=C([O-])C(=O)[O-].[Cs+].[Tb+3]. The van der Waals surface area contributed by atoms with E-state index >= 15 is 0 Å². The number of carbonyl (C=O) groups excluding carboxylic acids is 4. The predicted molar refractivity (Wildman–Crippen MR) is 20.0 cm³/mol. The molecule has 0 heterocycles. The Labute approximate surface area is 167 Å². The van der Waals surface area contributed by atoms with Gasteiger partial charge in [-0.05, 0) is 0 Å². The summed E-state index contributed by atoms with van der Waals surface area (Å²) in [7, 11) is 0. The van der Waals surface area contributed by atoms with Gasteiger partial charge in [0.2, 0.25) is 0 Å². The summed E-state index contributed by atoms with van der Waals surface area (Å²) in [5.41, 5.74) is 0. The van der Waals surface area contributed by atoms with Gasteiger partial charge in [0, 0.05) is 0 Å². The molecule has 74 valence electrons. The number of rotatable bonds is 0. The van der Waals surface area contributed by atoms with Crippen molar-refractivity contribution >= 4 is 23.9 Å². The van der Waals surface area contributed by atoms with E-state index in [0.717, 1.165) is 0 Å². The van der Waals surface area contributed by atoms with E-state index in [1.165, 1.54) is 0 Å². The van der Waals surface area contributed by atoms with Crippen molar-refractivity contribution in [3.8, 4) is 0 Å². The molecule has 0 spiro atoms. The Morgan fingerprint density at radius 3 is 0.643 bits per heavy atom. The van der Waals surface area contributed by atoms with Crippen molar-refractivity contribution in [2.45, 2.75) is 0 Å². The molecule has 0 N–H and O–H groups in total.